The third-order valence-electron chi connectivity index (χ3n) is 2.80. The number of nitro groups is 1. The summed E-state index contributed by atoms with van der Waals surface area (Å²) in [6.45, 7) is 2.83. The van der Waals surface area contributed by atoms with Crippen LogP contribution in [0.3, 0.4) is 0 Å². The lowest BCUT2D eigenvalue weighted by Gasteiger charge is -2.05. The number of non-ortho nitro benzene ring substituents is 1. The van der Waals surface area contributed by atoms with E-state index < -0.39 is 4.92 Å². The molecule has 0 unspecified atom stereocenters. The lowest BCUT2D eigenvalue weighted by Crippen LogP contribution is -1.98. The molecular formula is C14H21NO3. The van der Waals surface area contributed by atoms with Gasteiger partial charge in [0.2, 0.25) is 0 Å². The summed E-state index contributed by atoms with van der Waals surface area (Å²) in [6, 6.07) is 6.34. The van der Waals surface area contributed by atoms with Gasteiger partial charge in [-0.25, -0.2) is 0 Å². The Morgan fingerprint density at radius 3 is 2.61 bits per heavy atom. The Morgan fingerprint density at radius 1 is 1.17 bits per heavy atom. The van der Waals surface area contributed by atoms with Crippen LogP contribution in [0.4, 0.5) is 5.69 Å². The third-order valence-corrected chi connectivity index (χ3v) is 2.80. The molecule has 0 radical (unpaired) electrons. The average Bonchev–Trinajstić information content (AvgIpc) is 2.38. The number of benzene rings is 1. The first-order valence-electron chi connectivity index (χ1n) is 6.61. The van der Waals surface area contributed by atoms with Crippen LogP contribution in [0.5, 0.6) is 5.75 Å². The second kappa shape index (κ2) is 8.50. The highest BCUT2D eigenvalue weighted by atomic mass is 16.6. The lowest BCUT2D eigenvalue weighted by atomic mass is 10.1. The van der Waals surface area contributed by atoms with Gasteiger partial charge in [0.05, 0.1) is 17.6 Å². The normalized spacial score (nSPS) is 10.3. The molecule has 18 heavy (non-hydrogen) atoms. The molecule has 0 saturated carbocycles. The van der Waals surface area contributed by atoms with E-state index in [1.54, 1.807) is 12.1 Å². The van der Waals surface area contributed by atoms with Gasteiger partial charge in [-0.1, -0.05) is 45.1 Å². The number of ether oxygens (including phenoxy) is 1. The Bertz CT molecular complexity index is 366. The minimum atomic E-state index is -0.405. The van der Waals surface area contributed by atoms with Gasteiger partial charge in [-0.2, -0.15) is 0 Å². The molecule has 4 nitrogen and oxygen atoms in total. The summed E-state index contributed by atoms with van der Waals surface area (Å²) in [7, 11) is 0. The monoisotopic (exact) mass is 251 g/mol. The van der Waals surface area contributed by atoms with Gasteiger partial charge in [-0.05, 0) is 12.5 Å². The van der Waals surface area contributed by atoms with E-state index in [-0.39, 0.29) is 5.69 Å². The highest BCUT2D eigenvalue weighted by Crippen LogP contribution is 2.19. The van der Waals surface area contributed by atoms with E-state index in [1.165, 1.54) is 37.8 Å². The molecule has 0 aliphatic carbocycles. The summed E-state index contributed by atoms with van der Waals surface area (Å²) >= 11 is 0. The van der Waals surface area contributed by atoms with Crippen molar-refractivity contribution in [3.05, 3.63) is 34.4 Å². The van der Waals surface area contributed by atoms with E-state index in [9.17, 15) is 10.1 Å². The van der Waals surface area contributed by atoms with E-state index >= 15 is 0 Å². The predicted octanol–water partition coefficient (Wildman–Crippen LogP) is 4.33. The van der Waals surface area contributed by atoms with Gasteiger partial charge in [0, 0.05) is 6.07 Å². The highest BCUT2D eigenvalue weighted by molar-refractivity contribution is 5.37. The molecule has 0 saturated heterocycles. The van der Waals surface area contributed by atoms with Gasteiger partial charge in [-0.3, -0.25) is 10.1 Å². The van der Waals surface area contributed by atoms with Crippen molar-refractivity contribution in [1.29, 1.82) is 0 Å². The largest absolute Gasteiger partial charge is 0.493 e. The lowest BCUT2D eigenvalue weighted by molar-refractivity contribution is -0.384. The SMILES string of the molecule is CCCCCCCCOc1cccc([N+](=O)[O-])c1. The molecule has 0 spiro atoms. The summed E-state index contributed by atoms with van der Waals surface area (Å²) in [5.74, 6) is 0.581. The van der Waals surface area contributed by atoms with Crippen LogP contribution in [0.1, 0.15) is 45.4 Å². The first-order valence-corrected chi connectivity index (χ1v) is 6.61. The highest BCUT2D eigenvalue weighted by Gasteiger charge is 2.05. The van der Waals surface area contributed by atoms with Crippen LogP contribution >= 0.6 is 0 Å². The summed E-state index contributed by atoms with van der Waals surface area (Å²) < 4.78 is 5.50. The molecular weight excluding hydrogens is 230 g/mol. The maximum Gasteiger partial charge on any atom is 0.273 e. The Labute approximate surface area is 108 Å². The third kappa shape index (κ3) is 5.66. The maximum atomic E-state index is 10.6. The molecule has 0 heterocycles. The zero-order valence-electron chi connectivity index (χ0n) is 10.9. The minimum absolute atomic E-state index is 0.0791. The maximum absolute atomic E-state index is 10.6. The molecule has 4 heteroatoms. The number of nitro benzene ring substituents is 1. The van der Waals surface area contributed by atoms with Crippen LogP contribution in [0.2, 0.25) is 0 Å². The molecule has 0 bridgehead atoms. The minimum Gasteiger partial charge on any atom is -0.493 e. The molecule has 1 aromatic carbocycles. The van der Waals surface area contributed by atoms with Crippen LogP contribution in [-0.2, 0) is 0 Å². The van der Waals surface area contributed by atoms with Crippen LogP contribution < -0.4 is 4.74 Å². The van der Waals surface area contributed by atoms with Crippen LogP contribution in [0, 0.1) is 10.1 Å². The Morgan fingerprint density at radius 2 is 1.89 bits per heavy atom. The van der Waals surface area contributed by atoms with Gasteiger partial charge >= 0.3 is 0 Å². The first-order chi connectivity index (χ1) is 8.74. The molecule has 0 atom stereocenters. The fourth-order valence-electron chi connectivity index (χ4n) is 1.76. The van der Waals surface area contributed by atoms with Gasteiger partial charge < -0.3 is 4.74 Å². The van der Waals surface area contributed by atoms with Crippen LogP contribution in [-0.4, -0.2) is 11.5 Å². The van der Waals surface area contributed by atoms with Crippen molar-refractivity contribution in [3.8, 4) is 5.75 Å². The van der Waals surface area contributed by atoms with Crippen molar-refractivity contribution >= 4 is 5.69 Å². The second-order valence-corrected chi connectivity index (χ2v) is 4.37. The number of nitrogens with zero attached hydrogens (tertiary/aromatic N) is 1. The molecule has 0 aliphatic heterocycles. The predicted molar refractivity (Wildman–Crippen MR) is 72.0 cm³/mol. The molecule has 0 aliphatic rings. The number of hydrogen-bond donors (Lipinski definition) is 0. The van der Waals surface area contributed by atoms with Crippen molar-refractivity contribution in [1.82, 2.24) is 0 Å². The van der Waals surface area contributed by atoms with E-state index in [0.29, 0.717) is 12.4 Å². The summed E-state index contributed by atoms with van der Waals surface area (Å²) in [5, 5.41) is 10.6. The van der Waals surface area contributed by atoms with E-state index in [0.717, 1.165) is 12.8 Å². The first kappa shape index (κ1) is 14.5. The zero-order valence-corrected chi connectivity index (χ0v) is 10.9. The summed E-state index contributed by atoms with van der Waals surface area (Å²) in [5.41, 5.74) is 0.0791. The number of unbranched alkanes of at least 4 members (excludes halogenated alkanes) is 5. The smallest absolute Gasteiger partial charge is 0.273 e. The van der Waals surface area contributed by atoms with Gasteiger partial charge in [-0.15, -0.1) is 0 Å². The number of rotatable bonds is 9. The Kier molecular flexibility index (Phi) is 6.84. The van der Waals surface area contributed by atoms with Gasteiger partial charge in [0.1, 0.15) is 5.75 Å². The van der Waals surface area contributed by atoms with Crippen LogP contribution in [0.15, 0.2) is 24.3 Å². The molecule has 1 rings (SSSR count). The average molecular weight is 251 g/mol. The molecule has 1 aromatic rings. The van der Waals surface area contributed by atoms with E-state index in [2.05, 4.69) is 6.92 Å². The molecule has 0 aromatic heterocycles. The fourth-order valence-corrected chi connectivity index (χ4v) is 1.76. The van der Waals surface area contributed by atoms with Gasteiger partial charge in [0.15, 0.2) is 0 Å². The quantitative estimate of drug-likeness (QED) is 0.373. The Balaban J connectivity index is 2.19. The van der Waals surface area contributed by atoms with Crippen molar-refractivity contribution in [3.63, 3.8) is 0 Å². The summed E-state index contributed by atoms with van der Waals surface area (Å²) in [4.78, 5) is 10.2. The Hall–Kier alpha value is -1.58. The van der Waals surface area contributed by atoms with E-state index in [1.807, 2.05) is 0 Å². The zero-order chi connectivity index (χ0) is 13.2. The van der Waals surface area contributed by atoms with E-state index in [4.69, 9.17) is 4.74 Å². The second-order valence-electron chi connectivity index (χ2n) is 4.37. The van der Waals surface area contributed by atoms with Crippen LogP contribution in [0.25, 0.3) is 0 Å². The van der Waals surface area contributed by atoms with Crippen molar-refractivity contribution in [2.24, 2.45) is 0 Å². The molecule has 0 fully saturated rings. The molecule has 0 N–H and O–H groups in total. The summed E-state index contributed by atoms with van der Waals surface area (Å²) in [6.07, 6.45) is 7.25. The van der Waals surface area contributed by atoms with Gasteiger partial charge in [0.25, 0.3) is 5.69 Å². The molecule has 0 amide bonds. The standard InChI is InChI=1S/C14H21NO3/c1-2-3-4-5-6-7-11-18-14-10-8-9-13(12-14)15(16)17/h8-10,12H,2-7,11H2,1H3. The topological polar surface area (TPSA) is 52.4 Å². The van der Waals surface area contributed by atoms with Crippen molar-refractivity contribution in [2.45, 2.75) is 45.4 Å². The van der Waals surface area contributed by atoms with Crippen molar-refractivity contribution in [2.75, 3.05) is 6.61 Å². The van der Waals surface area contributed by atoms with Crippen molar-refractivity contribution < 1.29 is 9.66 Å². The number of hydrogen-bond acceptors (Lipinski definition) is 3. The fraction of sp³-hybridized carbons (Fsp3) is 0.571. The molecule has 100 valence electrons.